The number of esters is 1. The van der Waals surface area contributed by atoms with Crippen molar-refractivity contribution >= 4 is 5.97 Å². The van der Waals surface area contributed by atoms with Gasteiger partial charge in [-0.05, 0) is 55.6 Å². The Bertz CT molecular complexity index is 690. The fourth-order valence-corrected chi connectivity index (χ4v) is 6.05. The molecular weight excluding hydrogens is 328 g/mol. The van der Waals surface area contributed by atoms with Gasteiger partial charge in [0, 0.05) is 25.2 Å². The van der Waals surface area contributed by atoms with Gasteiger partial charge < -0.3 is 14.8 Å². The molecule has 5 rings (SSSR count). The minimum atomic E-state index is -0.0361. The van der Waals surface area contributed by atoms with Crippen molar-refractivity contribution in [3.8, 4) is 0 Å². The lowest BCUT2D eigenvalue weighted by Gasteiger charge is -2.51. The summed E-state index contributed by atoms with van der Waals surface area (Å²) in [6, 6.07) is 5.91. The number of carbonyl (C=O) groups excluding carboxylic acids is 1. The van der Waals surface area contributed by atoms with Crippen LogP contribution < -0.4 is 5.32 Å². The number of fused-ring (bicyclic) bond motifs is 3. The highest BCUT2D eigenvalue weighted by atomic mass is 16.6. The number of nitrogens with zero attached hydrogens (tertiary/aromatic N) is 1. The maximum absolute atomic E-state index is 12.6. The summed E-state index contributed by atoms with van der Waals surface area (Å²) in [5.74, 6) is 0.862. The largest absolute Gasteiger partial charge is 0.462 e. The van der Waals surface area contributed by atoms with E-state index in [-0.39, 0.29) is 29.0 Å². The molecule has 6 atom stereocenters. The van der Waals surface area contributed by atoms with Gasteiger partial charge in [0.15, 0.2) is 0 Å². The molecule has 26 heavy (non-hydrogen) atoms. The molecule has 0 aromatic carbocycles. The topological polar surface area (TPSA) is 63.8 Å². The Morgan fingerprint density at radius 2 is 2.23 bits per heavy atom. The molecule has 1 aromatic rings. The zero-order valence-electron chi connectivity index (χ0n) is 15.4. The lowest BCUT2D eigenvalue weighted by molar-refractivity contribution is -0.147. The third-order valence-corrected chi connectivity index (χ3v) is 7.48. The lowest BCUT2D eigenvalue weighted by atomic mass is 9.53. The molecule has 1 unspecified atom stereocenters. The summed E-state index contributed by atoms with van der Waals surface area (Å²) < 4.78 is 11.8. The second kappa shape index (κ2) is 6.03. The highest BCUT2D eigenvalue weighted by Gasteiger charge is 2.64. The van der Waals surface area contributed by atoms with E-state index in [1.165, 1.54) is 19.3 Å². The zero-order chi connectivity index (χ0) is 17.8. The number of hydrogen-bond donors (Lipinski definition) is 1. The fourth-order valence-electron chi connectivity index (χ4n) is 6.05. The van der Waals surface area contributed by atoms with Crippen LogP contribution in [0, 0.1) is 23.2 Å². The Labute approximate surface area is 154 Å². The van der Waals surface area contributed by atoms with Crippen LogP contribution in [0.4, 0.5) is 0 Å². The number of hydrogen-bond acceptors (Lipinski definition) is 5. The summed E-state index contributed by atoms with van der Waals surface area (Å²) in [6.45, 7) is 4.68. The van der Waals surface area contributed by atoms with Crippen molar-refractivity contribution in [2.24, 2.45) is 23.2 Å². The number of rotatable bonds is 4. The highest BCUT2D eigenvalue weighted by Crippen LogP contribution is 2.62. The molecular formula is C21H28N2O3. The van der Waals surface area contributed by atoms with Crippen LogP contribution in [0.15, 0.2) is 24.4 Å². The molecule has 0 bridgehead atoms. The molecule has 3 heterocycles. The summed E-state index contributed by atoms with van der Waals surface area (Å²) in [6.07, 6.45) is 7.66. The van der Waals surface area contributed by atoms with E-state index < -0.39 is 0 Å². The van der Waals surface area contributed by atoms with Crippen molar-refractivity contribution in [3.05, 3.63) is 30.1 Å². The normalized spacial score (nSPS) is 43.7. The van der Waals surface area contributed by atoms with Gasteiger partial charge in [0.05, 0.1) is 23.8 Å². The van der Waals surface area contributed by atoms with E-state index >= 15 is 0 Å². The smallest absolute Gasteiger partial charge is 0.310 e. The second-order valence-electron chi connectivity index (χ2n) is 9.05. The minimum absolute atomic E-state index is 0.0125. The van der Waals surface area contributed by atoms with Crippen LogP contribution in [-0.4, -0.2) is 35.8 Å². The van der Waals surface area contributed by atoms with E-state index in [0.29, 0.717) is 24.9 Å². The highest BCUT2D eigenvalue weighted by molar-refractivity contribution is 5.75. The van der Waals surface area contributed by atoms with E-state index in [9.17, 15) is 4.79 Å². The van der Waals surface area contributed by atoms with E-state index in [4.69, 9.17) is 9.47 Å². The van der Waals surface area contributed by atoms with Crippen molar-refractivity contribution < 1.29 is 14.3 Å². The lowest BCUT2D eigenvalue weighted by Crippen LogP contribution is -2.51. The second-order valence-corrected chi connectivity index (χ2v) is 9.05. The first-order valence-corrected chi connectivity index (χ1v) is 10.0. The first kappa shape index (κ1) is 16.7. The SMILES string of the molecule is C[C@]12CCC[C@]3(CO3)[C@@H]1C[C@@H]1C(CNCc3ccccn3)C(=O)O[C@@H]1C2. The predicted octanol–water partition coefficient (Wildman–Crippen LogP) is 2.70. The van der Waals surface area contributed by atoms with Crippen molar-refractivity contribution in [1.29, 1.82) is 0 Å². The van der Waals surface area contributed by atoms with Crippen molar-refractivity contribution in [3.63, 3.8) is 0 Å². The Balaban J connectivity index is 1.28. The van der Waals surface area contributed by atoms with Crippen LogP contribution in [0.5, 0.6) is 0 Å². The van der Waals surface area contributed by atoms with Gasteiger partial charge in [-0.25, -0.2) is 0 Å². The van der Waals surface area contributed by atoms with E-state index in [2.05, 4.69) is 17.2 Å². The van der Waals surface area contributed by atoms with Crippen LogP contribution >= 0.6 is 0 Å². The molecule has 2 saturated carbocycles. The number of nitrogens with one attached hydrogen (secondary N) is 1. The zero-order valence-corrected chi connectivity index (χ0v) is 15.4. The number of epoxide rings is 1. The quantitative estimate of drug-likeness (QED) is 0.664. The molecule has 2 aliphatic heterocycles. The first-order valence-electron chi connectivity index (χ1n) is 10.0. The molecule has 5 heteroatoms. The van der Waals surface area contributed by atoms with Crippen molar-refractivity contribution in [1.82, 2.24) is 10.3 Å². The molecule has 2 saturated heterocycles. The molecule has 4 aliphatic rings. The van der Waals surface area contributed by atoms with Crippen molar-refractivity contribution in [2.45, 2.75) is 57.3 Å². The van der Waals surface area contributed by atoms with E-state index in [1.54, 1.807) is 6.20 Å². The van der Waals surface area contributed by atoms with Crippen LogP contribution in [-0.2, 0) is 20.8 Å². The van der Waals surface area contributed by atoms with Crippen LogP contribution in [0.3, 0.4) is 0 Å². The number of aromatic nitrogens is 1. The van der Waals surface area contributed by atoms with E-state index in [1.807, 2.05) is 18.2 Å². The van der Waals surface area contributed by atoms with Gasteiger partial charge in [0.25, 0.3) is 0 Å². The number of pyridine rings is 1. The van der Waals surface area contributed by atoms with Gasteiger partial charge in [-0.15, -0.1) is 0 Å². The third-order valence-electron chi connectivity index (χ3n) is 7.48. The summed E-state index contributed by atoms with van der Waals surface area (Å²) in [5.41, 5.74) is 1.39. The minimum Gasteiger partial charge on any atom is -0.462 e. The number of ether oxygens (including phenoxy) is 2. The fraction of sp³-hybridized carbons (Fsp3) is 0.714. The Morgan fingerprint density at radius 1 is 1.35 bits per heavy atom. The monoisotopic (exact) mass is 356 g/mol. The van der Waals surface area contributed by atoms with Crippen LogP contribution in [0.25, 0.3) is 0 Å². The summed E-state index contributed by atoms with van der Waals surface area (Å²) in [7, 11) is 0. The molecule has 0 radical (unpaired) electrons. The van der Waals surface area contributed by atoms with Gasteiger partial charge in [0.2, 0.25) is 0 Å². The molecule has 5 nitrogen and oxygen atoms in total. The first-order chi connectivity index (χ1) is 12.6. The average Bonchev–Trinajstić information content (AvgIpc) is 3.33. The molecule has 1 N–H and O–H groups in total. The van der Waals surface area contributed by atoms with Gasteiger partial charge in [0.1, 0.15) is 6.10 Å². The molecule has 1 aromatic heterocycles. The molecule has 4 fully saturated rings. The maximum atomic E-state index is 12.6. The van der Waals surface area contributed by atoms with Crippen molar-refractivity contribution in [2.75, 3.05) is 13.2 Å². The molecule has 0 amide bonds. The standard InChI is InChI=1S/C21H28N2O3/c1-20-6-4-7-21(13-25-21)18(20)9-15-16(19(24)26-17(15)10-20)12-22-11-14-5-2-3-8-23-14/h2-3,5,8,15-18,22H,4,6-7,9-13H2,1H3/t15-,16?,17-,18-,20-,21+/m1/s1. The average molecular weight is 356 g/mol. The molecule has 2 aliphatic carbocycles. The summed E-state index contributed by atoms with van der Waals surface area (Å²) in [4.78, 5) is 16.9. The predicted molar refractivity (Wildman–Crippen MR) is 96.2 cm³/mol. The van der Waals surface area contributed by atoms with Gasteiger partial charge in [-0.1, -0.05) is 13.0 Å². The third kappa shape index (κ3) is 2.67. The molecule has 1 spiro atoms. The van der Waals surface area contributed by atoms with Gasteiger partial charge in [-0.3, -0.25) is 9.78 Å². The van der Waals surface area contributed by atoms with Crippen LogP contribution in [0.2, 0.25) is 0 Å². The Kier molecular flexibility index (Phi) is 3.87. The number of carbonyl (C=O) groups is 1. The summed E-state index contributed by atoms with van der Waals surface area (Å²) in [5, 5.41) is 3.43. The van der Waals surface area contributed by atoms with Gasteiger partial charge >= 0.3 is 5.97 Å². The molecule has 140 valence electrons. The van der Waals surface area contributed by atoms with E-state index in [0.717, 1.165) is 25.1 Å². The van der Waals surface area contributed by atoms with Gasteiger partial charge in [-0.2, -0.15) is 0 Å². The summed E-state index contributed by atoms with van der Waals surface area (Å²) >= 11 is 0. The van der Waals surface area contributed by atoms with Crippen LogP contribution in [0.1, 0.15) is 44.7 Å². The Morgan fingerprint density at radius 3 is 3.00 bits per heavy atom. The Hall–Kier alpha value is -1.46. The maximum Gasteiger partial charge on any atom is 0.310 e.